The van der Waals surface area contributed by atoms with Gasteiger partial charge in [0.1, 0.15) is 6.07 Å². The number of rotatable bonds is 3. The fourth-order valence-electron chi connectivity index (χ4n) is 2.72. The van der Waals surface area contributed by atoms with E-state index in [0.29, 0.717) is 22.5 Å². The van der Waals surface area contributed by atoms with Crippen LogP contribution < -0.4 is 5.32 Å². The molecule has 1 N–H and O–H groups in total. The molecule has 0 unspecified atom stereocenters. The lowest BCUT2D eigenvalue weighted by atomic mass is 9.76. The Bertz CT molecular complexity index is 702. The summed E-state index contributed by atoms with van der Waals surface area (Å²) >= 11 is 9.52. The van der Waals surface area contributed by atoms with Gasteiger partial charge in [0.15, 0.2) is 0 Å². The minimum absolute atomic E-state index is 0.402. The molecule has 0 spiro atoms. The summed E-state index contributed by atoms with van der Waals surface area (Å²) in [6.45, 7) is 0. The summed E-state index contributed by atoms with van der Waals surface area (Å²) < 4.78 is 1.12. The van der Waals surface area contributed by atoms with Gasteiger partial charge in [0.25, 0.3) is 0 Å². The Hall–Kier alpha value is -1.50. The molecule has 1 aliphatic carbocycles. The Balaban J connectivity index is 1.65. The highest BCUT2D eigenvalue weighted by molar-refractivity contribution is 9.10. The van der Waals surface area contributed by atoms with Crippen LogP contribution in [0.2, 0.25) is 5.02 Å². The molecule has 21 heavy (non-hydrogen) atoms. The number of hydrogen-bond acceptors (Lipinski definition) is 2. The van der Waals surface area contributed by atoms with E-state index in [4.69, 9.17) is 16.9 Å². The summed E-state index contributed by atoms with van der Waals surface area (Å²) in [5.74, 6) is 0.588. The molecule has 2 nitrogen and oxygen atoms in total. The summed E-state index contributed by atoms with van der Waals surface area (Å²) in [5.41, 5.74) is 2.85. The van der Waals surface area contributed by atoms with Crippen molar-refractivity contribution in [2.24, 2.45) is 0 Å². The van der Waals surface area contributed by atoms with Crippen LogP contribution in [0.4, 0.5) is 5.69 Å². The monoisotopic (exact) mass is 360 g/mol. The molecule has 0 amide bonds. The van der Waals surface area contributed by atoms with E-state index in [-0.39, 0.29) is 0 Å². The zero-order chi connectivity index (χ0) is 14.8. The minimum atomic E-state index is 0.402. The standard InChI is InChI=1S/C17H14BrClN2/c18-14-3-1-2-11(6-14)13-7-16(8-13)21-17-9-15(19)5-4-12(17)10-20/h1-6,9,13,16,21H,7-8H2. The summed E-state index contributed by atoms with van der Waals surface area (Å²) in [7, 11) is 0. The molecule has 3 rings (SSSR count). The van der Waals surface area contributed by atoms with Crippen LogP contribution in [-0.2, 0) is 0 Å². The minimum Gasteiger partial charge on any atom is -0.381 e. The van der Waals surface area contributed by atoms with E-state index in [1.807, 2.05) is 12.1 Å². The first-order valence-electron chi connectivity index (χ1n) is 6.87. The van der Waals surface area contributed by atoms with Crippen molar-refractivity contribution in [3.63, 3.8) is 0 Å². The van der Waals surface area contributed by atoms with Crippen LogP contribution in [0.5, 0.6) is 0 Å². The van der Waals surface area contributed by atoms with E-state index in [2.05, 4.69) is 45.5 Å². The smallest absolute Gasteiger partial charge is 0.101 e. The maximum Gasteiger partial charge on any atom is 0.101 e. The predicted octanol–water partition coefficient (Wildman–Crippen LogP) is 5.33. The highest BCUT2D eigenvalue weighted by Gasteiger charge is 2.30. The van der Waals surface area contributed by atoms with Crippen molar-refractivity contribution in [3.05, 3.63) is 63.1 Å². The number of hydrogen-bond donors (Lipinski definition) is 1. The van der Waals surface area contributed by atoms with Gasteiger partial charge in [-0.05, 0) is 54.7 Å². The fourth-order valence-corrected chi connectivity index (χ4v) is 3.31. The number of nitrogens with zero attached hydrogens (tertiary/aromatic N) is 1. The molecule has 1 aliphatic rings. The second-order valence-corrected chi connectivity index (χ2v) is 6.72. The highest BCUT2D eigenvalue weighted by Crippen LogP contribution is 2.39. The first-order chi connectivity index (χ1) is 10.2. The molecule has 1 saturated carbocycles. The van der Waals surface area contributed by atoms with E-state index in [1.165, 1.54) is 5.56 Å². The Kier molecular flexibility index (Phi) is 4.19. The van der Waals surface area contributed by atoms with Gasteiger partial charge in [-0.3, -0.25) is 0 Å². The Labute approximate surface area is 137 Å². The molecule has 2 aromatic rings. The molecular weight excluding hydrogens is 348 g/mol. The van der Waals surface area contributed by atoms with Crippen molar-refractivity contribution in [3.8, 4) is 6.07 Å². The maximum absolute atomic E-state index is 9.14. The van der Waals surface area contributed by atoms with Crippen LogP contribution in [0.3, 0.4) is 0 Å². The Morgan fingerprint density at radius 1 is 1.19 bits per heavy atom. The number of nitrogens with one attached hydrogen (secondary N) is 1. The average Bonchev–Trinajstić information content (AvgIpc) is 2.42. The van der Waals surface area contributed by atoms with Crippen molar-refractivity contribution < 1.29 is 0 Å². The van der Waals surface area contributed by atoms with Gasteiger partial charge in [0.05, 0.1) is 11.3 Å². The largest absolute Gasteiger partial charge is 0.381 e. The van der Waals surface area contributed by atoms with E-state index >= 15 is 0 Å². The molecule has 0 aliphatic heterocycles. The van der Waals surface area contributed by atoms with Crippen LogP contribution in [0, 0.1) is 11.3 Å². The summed E-state index contributed by atoms with van der Waals surface area (Å²) in [4.78, 5) is 0. The molecule has 0 atom stereocenters. The third-order valence-electron chi connectivity index (χ3n) is 3.92. The second-order valence-electron chi connectivity index (χ2n) is 5.37. The number of nitriles is 1. The molecule has 1 fully saturated rings. The van der Waals surface area contributed by atoms with Crippen LogP contribution in [0.15, 0.2) is 46.9 Å². The van der Waals surface area contributed by atoms with Crippen LogP contribution >= 0.6 is 27.5 Å². The molecule has 0 saturated heterocycles. The molecule has 0 heterocycles. The average molecular weight is 362 g/mol. The zero-order valence-corrected chi connectivity index (χ0v) is 13.7. The van der Waals surface area contributed by atoms with Gasteiger partial charge in [0.2, 0.25) is 0 Å². The van der Waals surface area contributed by atoms with Gasteiger partial charge < -0.3 is 5.32 Å². The lowest BCUT2D eigenvalue weighted by Crippen LogP contribution is -2.34. The van der Waals surface area contributed by atoms with Crippen LogP contribution in [0.25, 0.3) is 0 Å². The SMILES string of the molecule is N#Cc1ccc(Cl)cc1NC1CC(c2cccc(Br)c2)C1. The van der Waals surface area contributed by atoms with E-state index < -0.39 is 0 Å². The molecule has 106 valence electrons. The van der Waals surface area contributed by atoms with Gasteiger partial charge in [-0.15, -0.1) is 0 Å². The zero-order valence-electron chi connectivity index (χ0n) is 11.3. The van der Waals surface area contributed by atoms with Crippen molar-refractivity contribution in [1.82, 2.24) is 0 Å². The van der Waals surface area contributed by atoms with Crippen molar-refractivity contribution in [2.45, 2.75) is 24.8 Å². The number of benzene rings is 2. The first-order valence-corrected chi connectivity index (χ1v) is 8.04. The molecule has 0 aromatic heterocycles. The van der Waals surface area contributed by atoms with Gasteiger partial charge in [-0.2, -0.15) is 5.26 Å². The predicted molar refractivity (Wildman–Crippen MR) is 89.7 cm³/mol. The van der Waals surface area contributed by atoms with Crippen LogP contribution in [0.1, 0.15) is 29.9 Å². The summed E-state index contributed by atoms with van der Waals surface area (Å²) in [6, 6.07) is 16.4. The van der Waals surface area contributed by atoms with E-state index in [9.17, 15) is 0 Å². The fraction of sp³-hybridized carbons (Fsp3) is 0.235. The molecule has 4 heteroatoms. The van der Waals surface area contributed by atoms with Crippen molar-refractivity contribution >= 4 is 33.2 Å². The number of halogens is 2. The van der Waals surface area contributed by atoms with E-state index in [1.54, 1.807) is 12.1 Å². The van der Waals surface area contributed by atoms with E-state index in [0.717, 1.165) is 23.0 Å². The normalized spacial score (nSPS) is 20.4. The summed E-state index contributed by atoms with van der Waals surface area (Å²) in [6.07, 6.45) is 2.15. The van der Waals surface area contributed by atoms with Gasteiger partial charge in [-0.25, -0.2) is 0 Å². The topological polar surface area (TPSA) is 35.8 Å². The quantitative estimate of drug-likeness (QED) is 0.801. The first kappa shape index (κ1) is 14.4. The van der Waals surface area contributed by atoms with Crippen molar-refractivity contribution in [2.75, 3.05) is 5.32 Å². The number of anilines is 1. The Morgan fingerprint density at radius 2 is 2.00 bits per heavy atom. The Morgan fingerprint density at radius 3 is 2.71 bits per heavy atom. The second kappa shape index (κ2) is 6.09. The molecule has 2 aromatic carbocycles. The van der Waals surface area contributed by atoms with Crippen molar-refractivity contribution in [1.29, 1.82) is 5.26 Å². The third kappa shape index (κ3) is 3.23. The van der Waals surface area contributed by atoms with Gasteiger partial charge in [0, 0.05) is 15.5 Å². The van der Waals surface area contributed by atoms with Crippen LogP contribution in [-0.4, -0.2) is 6.04 Å². The maximum atomic E-state index is 9.14. The molecule has 0 bridgehead atoms. The summed E-state index contributed by atoms with van der Waals surface area (Å²) in [5, 5.41) is 13.2. The van der Waals surface area contributed by atoms with Gasteiger partial charge >= 0.3 is 0 Å². The highest BCUT2D eigenvalue weighted by atomic mass is 79.9. The lowest BCUT2D eigenvalue weighted by Gasteiger charge is -2.37. The van der Waals surface area contributed by atoms with Gasteiger partial charge in [-0.1, -0.05) is 39.7 Å². The molecule has 0 radical (unpaired) electrons. The molecular formula is C17H14BrClN2. The lowest BCUT2D eigenvalue weighted by molar-refractivity contribution is 0.374. The third-order valence-corrected chi connectivity index (χ3v) is 4.65.